The number of amides is 2. The van der Waals surface area contributed by atoms with Gasteiger partial charge in [-0.15, -0.1) is 0 Å². The Hall–Kier alpha value is -3.61. The second-order valence-electron chi connectivity index (χ2n) is 8.59. The van der Waals surface area contributed by atoms with Crippen LogP contribution in [0.3, 0.4) is 0 Å². The van der Waals surface area contributed by atoms with Crippen LogP contribution in [0.5, 0.6) is 0 Å². The topological polar surface area (TPSA) is 64.7 Å². The van der Waals surface area contributed by atoms with Gasteiger partial charge in [-0.2, -0.15) is 0 Å². The smallest absolute Gasteiger partial charge is 0.260 e. The van der Waals surface area contributed by atoms with Crippen LogP contribution in [0.2, 0.25) is 5.02 Å². The highest BCUT2D eigenvalue weighted by Crippen LogP contribution is 2.30. The van der Waals surface area contributed by atoms with Gasteiger partial charge in [0.2, 0.25) is 0 Å². The Morgan fingerprint density at radius 2 is 1.50 bits per heavy atom. The van der Waals surface area contributed by atoms with Gasteiger partial charge in [0.1, 0.15) is 0 Å². The van der Waals surface area contributed by atoms with Gasteiger partial charge in [0.15, 0.2) is 0 Å². The van der Waals surface area contributed by atoms with E-state index >= 15 is 0 Å². The number of anilines is 2. The van der Waals surface area contributed by atoms with Crippen molar-refractivity contribution in [3.05, 3.63) is 89.1 Å². The number of benzene rings is 3. The maximum atomic E-state index is 12.7. The summed E-state index contributed by atoms with van der Waals surface area (Å²) in [6.45, 7) is 4.12. The highest BCUT2D eigenvalue weighted by atomic mass is 35.5. The first-order valence-corrected chi connectivity index (χ1v) is 11.6. The minimum absolute atomic E-state index is 0.392. The predicted octanol–water partition coefficient (Wildman–Crippen LogP) is 4.48. The Kier molecular flexibility index (Phi) is 6.09. The van der Waals surface area contributed by atoms with Gasteiger partial charge in [0.25, 0.3) is 11.8 Å². The molecule has 2 aliphatic rings. The van der Waals surface area contributed by atoms with Crippen molar-refractivity contribution in [3.63, 3.8) is 0 Å². The van der Waals surface area contributed by atoms with Gasteiger partial charge in [-0.3, -0.25) is 14.9 Å². The molecule has 2 N–H and O–H groups in total. The number of imide groups is 1. The lowest BCUT2D eigenvalue weighted by Crippen LogP contribution is -2.44. The number of carbonyl (C=O) groups excluding carboxylic acids is 2. The lowest BCUT2D eigenvalue weighted by atomic mass is 9.91. The van der Waals surface area contributed by atoms with Crippen LogP contribution in [0.15, 0.2) is 72.9 Å². The molecule has 0 aliphatic carbocycles. The SMILES string of the molecule is CN1CCN(c2ccc(N/C=C3\C(=O)NC(=O)c4ccc(-c5ccc(Cl)cc5)cc43)cc2)CC1. The first-order valence-electron chi connectivity index (χ1n) is 11.2. The molecular formula is C27H25ClN4O2. The zero-order chi connectivity index (χ0) is 23.7. The largest absolute Gasteiger partial charge is 0.369 e. The highest BCUT2D eigenvalue weighted by molar-refractivity contribution is 6.31. The van der Waals surface area contributed by atoms with Crippen molar-refractivity contribution in [1.29, 1.82) is 0 Å². The number of nitrogens with zero attached hydrogens (tertiary/aromatic N) is 2. The molecule has 172 valence electrons. The molecule has 7 heteroatoms. The molecule has 1 saturated heterocycles. The van der Waals surface area contributed by atoms with Crippen molar-refractivity contribution >= 4 is 40.4 Å². The number of rotatable bonds is 4. The molecule has 0 spiro atoms. The third kappa shape index (κ3) is 4.55. The molecule has 34 heavy (non-hydrogen) atoms. The summed E-state index contributed by atoms with van der Waals surface area (Å²) in [6, 6.07) is 21.1. The van der Waals surface area contributed by atoms with Gasteiger partial charge in [0.05, 0.1) is 5.57 Å². The molecule has 6 nitrogen and oxygen atoms in total. The van der Waals surface area contributed by atoms with Gasteiger partial charge >= 0.3 is 0 Å². The second kappa shape index (κ2) is 9.33. The molecule has 1 fully saturated rings. The average molecular weight is 473 g/mol. The van der Waals surface area contributed by atoms with E-state index < -0.39 is 11.8 Å². The van der Waals surface area contributed by atoms with Crippen molar-refractivity contribution in [3.8, 4) is 11.1 Å². The number of hydrogen-bond donors (Lipinski definition) is 2. The molecule has 3 aromatic carbocycles. The third-order valence-corrected chi connectivity index (χ3v) is 6.57. The van der Waals surface area contributed by atoms with Crippen molar-refractivity contribution in [1.82, 2.24) is 10.2 Å². The molecule has 0 bridgehead atoms. The molecule has 5 rings (SSSR count). The fourth-order valence-corrected chi connectivity index (χ4v) is 4.40. The van der Waals surface area contributed by atoms with E-state index in [1.165, 1.54) is 5.69 Å². The minimum Gasteiger partial charge on any atom is -0.369 e. The Labute approximate surface area is 203 Å². The molecule has 0 atom stereocenters. The van der Waals surface area contributed by atoms with Gasteiger partial charge in [-0.25, -0.2) is 0 Å². The van der Waals surface area contributed by atoms with E-state index in [1.54, 1.807) is 12.3 Å². The summed E-state index contributed by atoms with van der Waals surface area (Å²) in [5.74, 6) is -0.816. The molecule has 0 saturated carbocycles. The quantitative estimate of drug-likeness (QED) is 0.433. The van der Waals surface area contributed by atoms with Crippen molar-refractivity contribution in [2.24, 2.45) is 0 Å². The summed E-state index contributed by atoms with van der Waals surface area (Å²) in [7, 11) is 2.14. The summed E-state index contributed by atoms with van der Waals surface area (Å²) in [5, 5.41) is 6.31. The highest BCUT2D eigenvalue weighted by Gasteiger charge is 2.27. The van der Waals surface area contributed by atoms with E-state index in [9.17, 15) is 9.59 Å². The van der Waals surface area contributed by atoms with E-state index in [1.807, 2.05) is 48.5 Å². The monoisotopic (exact) mass is 472 g/mol. The van der Waals surface area contributed by atoms with Crippen LogP contribution >= 0.6 is 11.6 Å². The maximum Gasteiger partial charge on any atom is 0.260 e. The van der Waals surface area contributed by atoms with E-state index in [0.717, 1.165) is 43.0 Å². The zero-order valence-corrected chi connectivity index (χ0v) is 19.6. The number of carbonyl (C=O) groups is 2. The van der Waals surface area contributed by atoms with Crippen LogP contribution in [0, 0.1) is 0 Å². The van der Waals surface area contributed by atoms with Crippen LogP contribution in [0.1, 0.15) is 15.9 Å². The molecule has 2 heterocycles. The van der Waals surface area contributed by atoms with E-state index in [-0.39, 0.29) is 0 Å². The molecule has 0 radical (unpaired) electrons. The first kappa shape index (κ1) is 22.2. The standard InChI is InChI=1S/C27H25ClN4O2/c1-31-12-14-32(15-13-31)22-9-7-21(8-10-22)29-17-25-24-16-19(18-2-5-20(28)6-3-18)4-11-23(24)26(33)30-27(25)34/h2-11,16-17,29H,12-15H2,1H3,(H,30,33,34)/b25-17-. The Morgan fingerprint density at radius 3 is 2.21 bits per heavy atom. The van der Waals surface area contributed by atoms with Gasteiger partial charge in [-0.1, -0.05) is 29.8 Å². The van der Waals surface area contributed by atoms with Crippen molar-refractivity contribution < 1.29 is 9.59 Å². The van der Waals surface area contributed by atoms with Gasteiger partial charge in [-0.05, 0) is 66.7 Å². The number of halogens is 1. The van der Waals surface area contributed by atoms with Crippen molar-refractivity contribution in [2.45, 2.75) is 0 Å². The number of fused-ring (bicyclic) bond motifs is 1. The van der Waals surface area contributed by atoms with Gasteiger partial charge in [0, 0.05) is 59.9 Å². The predicted molar refractivity (Wildman–Crippen MR) is 137 cm³/mol. The van der Waals surface area contributed by atoms with Crippen LogP contribution < -0.4 is 15.5 Å². The van der Waals surface area contributed by atoms with Gasteiger partial charge < -0.3 is 15.1 Å². The van der Waals surface area contributed by atoms with Crippen LogP contribution in [-0.2, 0) is 4.79 Å². The van der Waals surface area contributed by atoms with Crippen LogP contribution in [0.4, 0.5) is 11.4 Å². The second-order valence-corrected chi connectivity index (χ2v) is 9.03. The number of hydrogen-bond acceptors (Lipinski definition) is 5. The molecular weight excluding hydrogens is 448 g/mol. The maximum absolute atomic E-state index is 12.7. The lowest BCUT2D eigenvalue weighted by Gasteiger charge is -2.34. The number of nitrogens with one attached hydrogen (secondary N) is 2. The summed E-state index contributed by atoms with van der Waals surface area (Å²) >= 11 is 6.02. The first-order chi connectivity index (χ1) is 16.5. The van der Waals surface area contributed by atoms with E-state index in [0.29, 0.717) is 21.7 Å². The minimum atomic E-state index is -0.424. The summed E-state index contributed by atoms with van der Waals surface area (Å²) in [5.41, 5.74) is 5.39. The average Bonchev–Trinajstić information content (AvgIpc) is 2.85. The Morgan fingerprint density at radius 1 is 0.824 bits per heavy atom. The summed E-state index contributed by atoms with van der Waals surface area (Å²) in [6.07, 6.45) is 1.66. The summed E-state index contributed by atoms with van der Waals surface area (Å²) < 4.78 is 0. The fourth-order valence-electron chi connectivity index (χ4n) is 4.28. The van der Waals surface area contributed by atoms with Crippen LogP contribution in [0.25, 0.3) is 16.7 Å². The third-order valence-electron chi connectivity index (χ3n) is 6.32. The molecule has 3 aromatic rings. The summed E-state index contributed by atoms with van der Waals surface area (Å²) in [4.78, 5) is 29.8. The van der Waals surface area contributed by atoms with Crippen LogP contribution in [-0.4, -0.2) is 49.9 Å². The Balaban J connectivity index is 1.40. The Bertz CT molecular complexity index is 1260. The molecule has 2 amide bonds. The molecule has 0 unspecified atom stereocenters. The molecule has 2 aliphatic heterocycles. The van der Waals surface area contributed by atoms with Crippen molar-refractivity contribution in [2.75, 3.05) is 43.4 Å². The van der Waals surface area contributed by atoms with E-state index in [2.05, 4.69) is 39.6 Å². The van der Waals surface area contributed by atoms with E-state index in [4.69, 9.17) is 11.6 Å². The lowest BCUT2D eigenvalue weighted by molar-refractivity contribution is -0.114. The normalized spacial score (nSPS) is 17.5. The fraction of sp³-hybridized carbons (Fsp3) is 0.185. The molecule has 0 aromatic heterocycles. The number of piperazine rings is 1. The zero-order valence-electron chi connectivity index (χ0n) is 18.8. The number of likely N-dealkylation sites (N-methyl/N-ethyl adjacent to an activating group) is 1.